The number of H-pyrrole nitrogens is 1. The maximum atomic E-state index is 9.21. The number of aromatic amines is 1. The normalized spacial score (nSPS) is 12.3. The molecule has 0 aromatic carbocycles. The molecule has 3 aromatic heterocycles. The molecule has 0 fully saturated rings. The van der Waals surface area contributed by atoms with Gasteiger partial charge in [0, 0.05) is 12.4 Å². The van der Waals surface area contributed by atoms with Gasteiger partial charge in [0.25, 0.3) is 0 Å². The van der Waals surface area contributed by atoms with Crippen LogP contribution in [0.25, 0.3) is 22.8 Å². The molecule has 4 N–H and O–H groups in total. The lowest BCUT2D eigenvalue weighted by Crippen LogP contribution is -2.16. The van der Waals surface area contributed by atoms with Gasteiger partial charge in [0.2, 0.25) is 0 Å². The number of aromatic nitrogens is 4. The highest BCUT2D eigenvalue weighted by molar-refractivity contribution is 5.74. The minimum Gasteiger partial charge on any atom is -0.394 e. The van der Waals surface area contributed by atoms with E-state index in [0.29, 0.717) is 11.5 Å². The Hall–Kier alpha value is -2.57. The van der Waals surface area contributed by atoms with Gasteiger partial charge in [-0.25, -0.2) is 4.98 Å². The first-order valence-electron chi connectivity index (χ1n) is 6.58. The van der Waals surface area contributed by atoms with Crippen molar-refractivity contribution in [2.45, 2.75) is 6.04 Å². The minimum absolute atomic E-state index is 0.184. The van der Waals surface area contributed by atoms with E-state index in [4.69, 9.17) is 5.73 Å². The van der Waals surface area contributed by atoms with Crippen molar-refractivity contribution >= 4 is 0 Å². The number of nitrogens with one attached hydrogen (secondary N) is 1. The second-order valence-corrected chi connectivity index (χ2v) is 4.56. The van der Waals surface area contributed by atoms with E-state index in [2.05, 4.69) is 19.9 Å². The molecule has 106 valence electrons. The Kier molecular flexibility index (Phi) is 3.72. The number of pyridine rings is 2. The van der Waals surface area contributed by atoms with Crippen molar-refractivity contribution < 1.29 is 5.11 Å². The van der Waals surface area contributed by atoms with Crippen LogP contribution < -0.4 is 5.73 Å². The van der Waals surface area contributed by atoms with Crippen molar-refractivity contribution in [2.75, 3.05) is 6.61 Å². The fraction of sp³-hybridized carbons (Fsp3) is 0.133. The Morgan fingerprint density at radius 3 is 2.29 bits per heavy atom. The molecule has 0 spiro atoms. The first-order chi connectivity index (χ1) is 10.3. The van der Waals surface area contributed by atoms with Gasteiger partial charge in [0.1, 0.15) is 11.5 Å². The highest BCUT2D eigenvalue weighted by atomic mass is 16.3. The van der Waals surface area contributed by atoms with Gasteiger partial charge in [-0.3, -0.25) is 9.97 Å². The first-order valence-corrected chi connectivity index (χ1v) is 6.58. The highest BCUT2D eigenvalue weighted by Gasteiger charge is 2.18. The predicted molar refractivity (Wildman–Crippen MR) is 79.1 cm³/mol. The van der Waals surface area contributed by atoms with Crippen molar-refractivity contribution in [3.8, 4) is 22.8 Å². The van der Waals surface area contributed by atoms with E-state index < -0.39 is 6.04 Å². The maximum Gasteiger partial charge on any atom is 0.126 e. The third-order valence-electron chi connectivity index (χ3n) is 3.10. The molecule has 6 heteroatoms. The van der Waals surface area contributed by atoms with E-state index in [1.54, 1.807) is 12.4 Å². The summed E-state index contributed by atoms with van der Waals surface area (Å²) < 4.78 is 0. The van der Waals surface area contributed by atoms with Crippen LogP contribution in [0.5, 0.6) is 0 Å². The molecule has 0 aliphatic heterocycles. The van der Waals surface area contributed by atoms with Gasteiger partial charge < -0.3 is 15.8 Å². The topological polar surface area (TPSA) is 101 Å². The molecule has 0 saturated heterocycles. The molecule has 3 heterocycles. The molecule has 0 bridgehead atoms. The molecular formula is C15H15N5O. The van der Waals surface area contributed by atoms with Crippen LogP contribution >= 0.6 is 0 Å². The number of aliphatic hydroxyl groups is 1. The summed E-state index contributed by atoms with van der Waals surface area (Å²) in [6.45, 7) is -0.184. The zero-order chi connectivity index (χ0) is 14.7. The van der Waals surface area contributed by atoms with Gasteiger partial charge in [-0.15, -0.1) is 0 Å². The van der Waals surface area contributed by atoms with E-state index in [1.165, 1.54) is 0 Å². The molecule has 1 unspecified atom stereocenters. The van der Waals surface area contributed by atoms with E-state index in [-0.39, 0.29) is 6.61 Å². The molecule has 3 rings (SSSR count). The van der Waals surface area contributed by atoms with Crippen LogP contribution in [0.4, 0.5) is 0 Å². The fourth-order valence-electron chi connectivity index (χ4n) is 2.04. The molecule has 3 aromatic rings. The number of hydrogen-bond donors (Lipinski definition) is 3. The lowest BCUT2D eigenvalue weighted by Gasteiger charge is -2.02. The van der Waals surface area contributed by atoms with Gasteiger partial charge >= 0.3 is 0 Å². The molecule has 1 atom stereocenters. The first kappa shape index (κ1) is 13.4. The third kappa shape index (κ3) is 2.67. The van der Waals surface area contributed by atoms with Gasteiger partial charge in [-0.2, -0.15) is 0 Å². The summed E-state index contributed by atoms with van der Waals surface area (Å²) in [5.41, 5.74) is 8.75. The minimum atomic E-state index is -0.565. The van der Waals surface area contributed by atoms with E-state index >= 15 is 0 Å². The van der Waals surface area contributed by atoms with Crippen molar-refractivity contribution in [1.82, 2.24) is 19.9 Å². The van der Waals surface area contributed by atoms with Crippen LogP contribution in [0.3, 0.4) is 0 Å². The Morgan fingerprint density at radius 1 is 1.05 bits per heavy atom. The average Bonchev–Trinajstić information content (AvgIpc) is 3.01. The number of hydrogen-bond acceptors (Lipinski definition) is 5. The number of nitrogens with zero attached hydrogens (tertiary/aromatic N) is 3. The Morgan fingerprint density at radius 2 is 1.71 bits per heavy atom. The van der Waals surface area contributed by atoms with E-state index in [9.17, 15) is 5.11 Å². The molecule has 0 amide bonds. The summed E-state index contributed by atoms with van der Waals surface area (Å²) in [5, 5.41) is 9.21. The Balaban J connectivity index is 2.15. The Bertz CT molecular complexity index is 654. The molecule has 0 saturated carbocycles. The van der Waals surface area contributed by atoms with Crippen LogP contribution in [-0.4, -0.2) is 31.6 Å². The second-order valence-electron chi connectivity index (χ2n) is 4.56. The zero-order valence-corrected chi connectivity index (χ0v) is 11.3. The smallest absolute Gasteiger partial charge is 0.126 e. The lowest BCUT2D eigenvalue weighted by molar-refractivity contribution is 0.264. The van der Waals surface area contributed by atoms with Crippen LogP contribution in [0, 0.1) is 0 Å². The SMILES string of the molecule is NC(CO)c1nc(-c2ccccn2)c(-c2ccccn2)[nH]1. The second kappa shape index (κ2) is 5.82. The monoisotopic (exact) mass is 281 g/mol. The average molecular weight is 281 g/mol. The van der Waals surface area contributed by atoms with Crippen molar-refractivity contribution in [2.24, 2.45) is 5.73 Å². The van der Waals surface area contributed by atoms with Gasteiger partial charge in [0.15, 0.2) is 0 Å². The summed E-state index contributed by atoms with van der Waals surface area (Å²) in [4.78, 5) is 16.3. The summed E-state index contributed by atoms with van der Waals surface area (Å²) in [5.74, 6) is 0.513. The van der Waals surface area contributed by atoms with Crippen LogP contribution in [-0.2, 0) is 0 Å². The van der Waals surface area contributed by atoms with Crippen molar-refractivity contribution in [3.63, 3.8) is 0 Å². The van der Waals surface area contributed by atoms with Gasteiger partial charge in [-0.1, -0.05) is 12.1 Å². The Labute approximate surface area is 121 Å². The van der Waals surface area contributed by atoms with Gasteiger partial charge in [-0.05, 0) is 24.3 Å². The fourth-order valence-corrected chi connectivity index (χ4v) is 2.04. The highest BCUT2D eigenvalue weighted by Crippen LogP contribution is 2.28. The van der Waals surface area contributed by atoms with Crippen LogP contribution in [0.2, 0.25) is 0 Å². The summed E-state index contributed by atoms with van der Waals surface area (Å²) in [6, 6.07) is 10.7. The summed E-state index contributed by atoms with van der Waals surface area (Å²) >= 11 is 0. The molecule has 0 aliphatic rings. The van der Waals surface area contributed by atoms with Crippen molar-refractivity contribution in [1.29, 1.82) is 0 Å². The van der Waals surface area contributed by atoms with Gasteiger partial charge in [0.05, 0.1) is 29.7 Å². The van der Waals surface area contributed by atoms with Crippen molar-refractivity contribution in [3.05, 3.63) is 54.6 Å². The van der Waals surface area contributed by atoms with Crippen LogP contribution in [0.1, 0.15) is 11.9 Å². The van der Waals surface area contributed by atoms with E-state index in [1.807, 2.05) is 36.4 Å². The predicted octanol–water partition coefficient (Wildman–Crippen LogP) is 1.53. The number of imidazole rings is 1. The standard InChI is InChI=1S/C15H15N5O/c16-10(9-21)15-19-13(11-5-1-3-7-17-11)14(20-15)12-6-2-4-8-18-12/h1-8,10,21H,9,16H2,(H,19,20). The summed E-state index contributed by atoms with van der Waals surface area (Å²) in [7, 11) is 0. The molecule has 0 aliphatic carbocycles. The molecule has 0 radical (unpaired) electrons. The zero-order valence-electron chi connectivity index (χ0n) is 11.3. The third-order valence-corrected chi connectivity index (χ3v) is 3.10. The number of aliphatic hydroxyl groups excluding tert-OH is 1. The molecule has 6 nitrogen and oxygen atoms in total. The quantitative estimate of drug-likeness (QED) is 0.673. The lowest BCUT2D eigenvalue weighted by atomic mass is 10.2. The summed E-state index contributed by atoms with van der Waals surface area (Å²) in [6.07, 6.45) is 3.42. The molecular weight excluding hydrogens is 266 g/mol. The van der Waals surface area contributed by atoms with Crippen LogP contribution in [0.15, 0.2) is 48.8 Å². The maximum absolute atomic E-state index is 9.21. The largest absolute Gasteiger partial charge is 0.394 e. The number of rotatable bonds is 4. The molecule has 21 heavy (non-hydrogen) atoms. The van der Waals surface area contributed by atoms with E-state index in [0.717, 1.165) is 17.1 Å². The number of nitrogens with two attached hydrogens (primary N) is 1.